The predicted molar refractivity (Wildman–Crippen MR) is 53.8 cm³/mol. The van der Waals surface area contributed by atoms with Crippen molar-refractivity contribution in [2.75, 3.05) is 6.61 Å². The summed E-state index contributed by atoms with van der Waals surface area (Å²) in [5, 5.41) is 8.60. The third-order valence-corrected chi connectivity index (χ3v) is 1.90. The van der Waals surface area contributed by atoms with E-state index in [9.17, 15) is 22.4 Å². The molecule has 0 bridgehead atoms. The largest absolute Gasteiger partial charge is 0.573 e. The lowest BCUT2D eigenvalue weighted by Crippen LogP contribution is -2.19. The van der Waals surface area contributed by atoms with Crippen molar-refractivity contribution in [2.45, 2.75) is 13.3 Å². The van der Waals surface area contributed by atoms with Gasteiger partial charge >= 0.3 is 12.3 Å². The summed E-state index contributed by atoms with van der Waals surface area (Å²) >= 11 is 0. The number of nitrogens with zero attached hydrogens (tertiary/aromatic N) is 1. The van der Waals surface area contributed by atoms with Gasteiger partial charge in [0.25, 0.3) is 0 Å². The molecule has 0 fully saturated rings. The number of esters is 1. The minimum Gasteiger partial charge on any atom is -0.462 e. The Morgan fingerprint density at radius 3 is 2.53 bits per heavy atom. The lowest BCUT2D eigenvalue weighted by molar-refractivity contribution is -0.275. The molecule has 0 aliphatic heterocycles. The Labute approximate surface area is 105 Å². The molecule has 0 saturated carbocycles. The van der Waals surface area contributed by atoms with E-state index in [2.05, 4.69) is 9.47 Å². The maximum Gasteiger partial charge on any atom is 0.573 e. The molecule has 0 amide bonds. The van der Waals surface area contributed by atoms with Crippen LogP contribution in [0.1, 0.15) is 22.8 Å². The minimum absolute atomic E-state index is 0.0203. The van der Waals surface area contributed by atoms with Crippen molar-refractivity contribution in [3.8, 4) is 11.8 Å². The lowest BCUT2D eigenvalue weighted by Gasteiger charge is -2.11. The molecule has 0 saturated heterocycles. The van der Waals surface area contributed by atoms with Gasteiger partial charge in [-0.15, -0.1) is 13.2 Å². The zero-order chi connectivity index (χ0) is 14.6. The molecule has 1 aromatic carbocycles. The molecule has 19 heavy (non-hydrogen) atoms. The van der Waals surface area contributed by atoms with Crippen LogP contribution in [0.5, 0.6) is 5.75 Å². The van der Waals surface area contributed by atoms with E-state index in [0.717, 1.165) is 6.07 Å². The Morgan fingerprint density at radius 2 is 2.05 bits per heavy atom. The van der Waals surface area contributed by atoms with Crippen LogP contribution in [0.4, 0.5) is 17.6 Å². The first kappa shape index (κ1) is 14.8. The fraction of sp³-hybridized carbons (Fsp3) is 0.273. The van der Waals surface area contributed by atoms with Gasteiger partial charge in [0.2, 0.25) is 0 Å². The third kappa shape index (κ3) is 3.84. The highest BCUT2D eigenvalue weighted by atomic mass is 19.4. The molecule has 0 aromatic heterocycles. The van der Waals surface area contributed by atoms with E-state index >= 15 is 0 Å². The smallest absolute Gasteiger partial charge is 0.462 e. The zero-order valence-electron chi connectivity index (χ0n) is 9.55. The van der Waals surface area contributed by atoms with Crippen molar-refractivity contribution >= 4 is 5.97 Å². The van der Waals surface area contributed by atoms with Crippen LogP contribution >= 0.6 is 0 Å². The number of carbonyl (C=O) groups excluding carboxylic acids is 1. The van der Waals surface area contributed by atoms with Crippen molar-refractivity contribution < 1.29 is 31.8 Å². The fourth-order valence-corrected chi connectivity index (χ4v) is 1.21. The Balaban J connectivity index is 3.27. The number of halogens is 4. The Kier molecular flexibility index (Phi) is 4.32. The molecule has 102 valence electrons. The van der Waals surface area contributed by atoms with Crippen LogP contribution in [-0.2, 0) is 4.74 Å². The van der Waals surface area contributed by atoms with Crippen molar-refractivity contribution in [2.24, 2.45) is 0 Å². The van der Waals surface area contributed by atoms with Gasteiger partial charge < -0.3 is 9.47 Å². The van der Waals surface area contributed by atoms with Crippen molar-refractivity contribution in [1.29, 1.82) is 5.26 Å². The van der Waals surface area contributed by atoms with Crippen LogP contribution in [0.25, 0.3) is 0 Å². The van der Waals surface area contributed by atoms with Gasteiger partial charge in [-0.25, -0.2) is 9.18 Å². The van der Waals surface area contributed by atoms with Crippen LogP contribution < -0.4 is 4.74 Å². The van der Waals surface area contributed by atoms with Gasteiger partial charge in [-0.05, 0) is 19.1 Å². The zero-order valence-corrected chi connectivity index (χ0v) is 9.55. The summed E-state index contributed by atoms with van der Waals surface area (Å²) in [5.74, 6) is -3.73. The standard InChI is InChI=1S/C11H7F4NO3/c1-2-18-10(17)6-3-7(5-16)9(12)8(4-6)19-11(13,14)15/h3-4H,2H2,1H3. The van der Waals surface area contributed by atoms with Gasteiger partial charge in [0.05, 0.1) is 17.7 Å². The molecule has 0 unspecified atom stereocenters. The molecule has 0 aliphatic rings. The summed E-state index contributed by atoms with van der Waals surface area (Å²) in [6.45, 7) is 1.47. The second-order valence-corrected chi connectivity index (χ2v) is 3.22. The SMILES string of the molecule is CCOC(=O)c1cc(C#N)c(F)c(OC(F)(F)F)c1. The summed E-state index contributed by atoms with van der Waals surface area (Å²) in [7, 11) is 0. The van der Waals surface area contributed by atoms with E-state index in [1.165, 1.54) is 13.0 Å². The Morgan fingerprint density at radius 1 is 1.42 bits per heavy atom. The topological polar surface area (TPSA) is 59.3 Å². The van der Waals surface area contributed by atoms with Gasteiger partial charge in [-0.1, -0.05) is 0 Å². The average Bonchev–Trinajstić information content (AvgIpc) is 2.30. The van der Waals surface area contributed by atoms with E-state index < -0.39 is 35.0 Å². The molecule has 0 N–H and O–H groups in total. The van der Waals surface area contributed by atoms with E-state index in [0.29, 0.717) is 6.07 Å². The van der Waals surface area contributed by atoms with Crippen LogP contribution in [0, 0.1) is 17.1 Å². The number of rotatable bonds is 3. The lowest BCUT2D eigenvalue weighted by atomic mass is 10.1. The highest BCUT2D eigenvalue weighted by Crippen LogP contribution is 2.29. The molecule has 0 radical (unpaired) electrons. The van der Waals surface area contributed by atoms with Gasteiger partial charge in [-0.3, -0.25) is 0 Å². The number of benzene rings is 1. The first-order valence-corrected chi connectivity index (χ1v) is 4.95. The number of alkyl halides is 3. The first-order chi connectivity index (χ1) is 8.78. The van der Waals surface area contributed by atoms with E-state index in [-0.39, 0.29) is 6.61 Å². The number of hydrogen-bond acceptors (Lipinski definition) is 4. The predicted octanol–water partition coefficient (Wildman–Crippen LogP) is 2.77. The summed E-state index contributed by atoms with van der Waals surface area (Å²) in [6, 6.07) is 2.65. The number of nitriles is 1. The van der Waals surface area contributed by atoms with Crippen LogP contribution in [0.3, 0.4) is 0 Å². The van der Waals surface area contributed by atoms with Crippen molar-refractivity contribution in [3.63, 3.8) is 0 Å². The fourth-order valence-electron chi connectivity index (χ4n) is 1.21. The van der Waals surface area contributed by atoms with Gasteiger partial charge in [-0.2, -0.15) is 5.26 Å². The molecular weight excluding hydrogens is 270 g/mol. The third-order valence-electron chi connectivity index (χ3n) is 1.90. The molecule has 1 rings (SSSR count). The quantitative estimate of drug-likeness (QED) is 0.629. The number of ether oxygens (including phenoxy) is 2. The molecule has 4 nitrogen and oxygen atoms in total. The van der Waals surface area contributed by atoms with E-state index in [1.807, 2.05) is 0 Å². The molecule has 0 atom stereocenters. The second-order valence-electron chi connectivity index (χ2n) is 3.22. The Bertz CT molecular complexity index is 534. The highest BCUT2D eigenvalue weighted by molar-refractivity contribution is 5.90. The molecule has 8 heteroatoms. The van der Waals surface area contributed by atoms with E-state index in [4.69, 9.17) is 5.26 Å². The summed E-state index contributed by atoms with van der Waals surface area (Å²) in [4.78, 5) is 11.4. The summed E-state index contributed by atoms with van der Waals surface area (Å²) < 4.78 is 57.5. The normalized spacial score (nSPS) is 10.7. The van der Waals surface area contributed by atoms with E-state index in [1.54, 1.807) is 0 Å². The first-order valence-electron chi connectivity index (χ1n) is 4.95. The molecule has 0 spiro atoms. The van der Waals surface area contributed by atoms with Crippen LogP contribution in [0.2, 0.25) is 0 Å². The molecule has 0 aliphatic carbocycles. The van der Waals surface area contributed by atoms with Gasteiger partial charge in [0.1, 0.15) is 6.07 Å². The molecule has 0 heterocycles. The highest BCUT2D eigenvalue weighted by Gasteiger charge is 2.33. The van der Waals surface area contributed by atoms with Crippen molar-refractivity contribution in [1.82, 2.24) is 0 Å². The van der Waals surface area contributed by atoms with Crippen LogP contribution in [0.15, 0.2) is 12.1 Å². The average molecular weight is 277 g/mol. The van der Waals surface area contributed by atoms with Gasteiger partial charge in [0.15, 0.2) is 11.6 Å². The summed E-state index contributed by atoms with van der Waals surface area (Å²) in [5.41, 5.74) is -1.15. The summed E-state index contributed by atoms with van der Waals surface area (Å²) in [6.07, 6.45) is -5.14. The minimum atomic E-state index is -5.14. The van der Waals surface area contributed by atoms with Crippen molar-refractivity contribution in [3.05, 3.63) is 29.1 Å². The Hall–Kier alpha value is -2.30. The second kappa shape index (κ2) is 5.56. The van der Waals surface area contributed by atoms with Crippen LogP contribution in [-0.4, -0.2) is 18.9 Å². The molecular formula is C11H7F4NO3. The van der Waals surface area contributed by atoms with Gasteiger partial charge in [0, 0.05) is 0 Å². The maximum atomic E-state index is 13.4. The molecule has 1 aromatic rings. The maximum absolute atomic E-state index is 13.4. The number of carbonyl (C=O) groups is 1. The monoisotopic (exact) mass is 277 g/mol. The number of hydrogen-bond donors (Lipinski definition) is 0.